The van der Waals surface area contributed by atoms with Crippen LogP contribution in [0, 0.1) is 0 Å². The molecular formula is C36H54ClNO. The van der Waals surface area contributed by atoms with Gasteiger partial charge in [-0.15, -0.1) is 0 Å². The lowest BCUT2D eigenvalue weighted by molar-refractivity contribution is 0.110. The van der Waals surface area contributed by atoms with Crippen molar-refractivity contribution in [2.24, 2.45) is 0 Å². The molecule has 0 spiro atoms. The highest BCUT2D eigenvalue weighted by atomic mass is 35.5. The molecular weight excluding hydrogens is 498 g/mol. The summed E-state index contributed by atoms with van der Waals surface area (Å²) in [5.74, 6) is 0. The minimum absolute atomic E-state index is 0.480. The van der Waals surface area contributed by atoms with Crippen molar-refractivity contribution in [2.45, 2.75) is 123 Å². The van der Waals surface area contributed by atoms with E-state index in [0.29, 0.717) is 6.54 Å². The number of nitrogens with zero attached hydrogens (tertiary/aromatic N) is 1. The van der Waals surface area contributed by atoms with E-state index in [2.05, 4.69) is 55.1 Å². The molecule has 0 aliphatic heterocycles. The fraction of sp³-hybridized carbons (Fsp3) is 0.611. The highest BCUT2D eigenvalue weighted by Gasteiger charge is 2.15. The quantitative estimate of drug-likeness (QED) is 0.105. The fourth-order valence-corrected chi connectivity index (χ4v) is 6.15. The molecule has 216 valence electrons. The molecule has 0 amide bonds. The maximum Gasteiger partial charge on any atom is 0.0917 e. The second-order valence-corrected chi connectivity index (χ2v) is 12.1. The zero-order valence-electron chi connectivity index (χ0n) is 24.9. The van der Waals surface area contributed by atoms with Gasteiger partial charge in [-0.25, -0.2) is 0 Å². The Kier molecular flexibility index (Phi) is 15.3. The van der Waals surface area contributed by atoms with Crippen molar-refractivity contribution in [1.82, 2.24) is 4.90 Å². The number of benzene rings is 3. The SMILES string of the molecule is CCCCCCCCCCN(CCCCCCCCCC)C[C@@H](O)c1ccc2cc(Cl)c3ccccc3c2c1. The molecule has 0 aliphatic rings. The maximum absolute atomic E-state index is 11.4. The molecule has 1 N–H and O–H groups in total. The number of rotatable bonds is 21. The summed E-state index contributed by atoms with van der Waals surface area (Å²) in [5.41, 5.74) is 1.01. The summed E-state index contributed by atoms with van der Waals surface area (Å²) >= 11 is 6.56. The van der Waals surface area contributed by atoms with Crippen LogP contribution >= 0.6 is 11.6 Å². The van der Waals surface area contributed by atoms with Crippen LogP contribution in [0.1, 0.15) is 128 Å². The summed E-state index contributed by atoms with van der Waals surface area (Å²) in [6.07, 6.45) is 21.0. The standard InChI is InChI=1S/C36H54ClNO/c1-3-5-7-9-11-13-15-19-25-38(26-20-16-14-12-10-8-6-4-2)29-36(39)31-24-23-30-28-35(37)33-22-18-17-21-32(33)34(30)27-31/h17-18,21-24,27-28,36,39H,3-16,19-20,25-26,29H2,1-2H3/t36-/m1/s1. The minimum atomic E-state index is -0.480. The van der Waals surface area contributed by atoms with Gasteiger partial charge in [-0.05, 0) is 59.8 Å². The second kappa shape index (κ2) is 18.7. The van der Waals surface area contributed by atoms with Crippen LogP contribution < -0.4 is 0 Å². The molecule has 0 saturated heterocycles. The number of aliphatic hydroxyl groups excluding tert-OH is 1. The highest BCUT2D eigenvalue weighted by Crippen LogP contribution is 2.33. The first-order valence-electron chi connectivity index (χ1n) is 16.1. The van der Waals surface area contributed by atoms with Crippen LogP contribution in [0.4, 0.5) is 0 Å². The van der Waals surface area contributed by atoms with E-state index in [-0.39, 0.29) is 0 Å². The van der Waals surface area contributed by atoms with Crippen LogP contribution in [0.15, 0.2) is 48.5 Å². The summed E-state index contributed by atoms with van der Waals surface area (Å²) in [6, 6.07) is 16.8. The lowest BCUT2D eigenvalue weighted by atomic mass is 9.98. The van der Waals surface area contributed by atoms with Crippen molar-refractivity contribution in [3.63, 3.8) is 0 Å². The number of fused-ring (bicyclic) bond motifs is 3. The Morgan fingerprint density at radius 3 is 1.69 bits per heavy atom. The Labute approximate surface area is 244 Å². The summed E-state index contributed by atoms with van der Waals surface area (Å²) in [4.78, 5) is 2.53. The van der Waals surface area contributed by atoms with Gasteiger partial charge < -0.3 is 10.0 Å². The second-order valence-electron chi connectivity index (χ2n) is 11.7. The van der Waals surface area contributed by atoms with Crippen molar-refractivity contribution < 1.29 is 5.11 Å². The number of aliphatic hydroxyl groups is 1. The van der Waals surface area contributed by atoms with Crippen LogP contribution in [0.3, 0.4) is 0 Å². The Balaban J connectivity index is 1.56. The summed E-state index contributed by atoms with van der Waals surface area (Å²) < 4.78 is 0. The smallest absolute Gasteiger partial charge is 0.0917 e. The third-order valence-corrected chi connectivity index (χ3v) is 8.62. The number of hydrogen-bond donors (Lipinski definition) is 1. The van der Waals surface area contributed by atoms with E-state index < -0.39 is 6.10 Å². The predicted molar refractivity (Wildman–Crippen MR) is 173 cm³/mol. The third kappa shape index (κ3) is 11.1. The van der Waals surface area contributed by atoms with E-state index in [0.717, 1.165) is 39.8 Å². The zero-order chi connectivity index (χ0) is 27.7. The van der Waals surface area contributed by atoms with Gasteiger partial charge in [0.2, 0.25) is 0 Å². The molecule has 0 aliphatic carbocycles. The molecule has 0 unspecified atom stereocenters. The summed E-state index contributed by atoms with van der Waals surface area (Å²) in [7, 11) is 0. The Bertz CT molecular complexity index is 1060. The minimum Gasteiger partial charge on any atom is -0.387 e. The number of hydrogen-bond acceptors (Lipinski definition) is 2. The fourth-order valence-electron chi connectivity index (χ4n) is 5.86. The van der Waals surface area contributed by atoms with E-state index in [4.69, 9.17) is 11.6 Å². The van der Waals surface area contributed by atoms with Gasteiger partial charge in [0.1, 0.15) is 0 Å². The van der Waals surface area contributed by atoms with Crippen molar-refractivity contribution in [1.29, 1.82) is 0 Å². The summed E-state index contributed by atoms with van der Waals surface area (Å²) in [5, 5.41) is 16.7. The van der Waals surface area contributed by atoms with E-state index in [9.17, 15) is 5.11 Å². The van der Waals surface area contributed by atoms with Gasteiger partial charge in [0, 0.05) is 17.0 Å². The van der Waals surface area contributed by atoms with Crippen LogP contribution in [0.25, 0.3) is 21.5 Å². The molecule has 3 aromatic carbocycles. The van der Waals surface area contributed by atoms with Crippen LogP contribution in [-0.2, 0) is 0 Å². The van der Waals surface area contributed by atoms with Gasteiger partial charge in [0.05, 0.1) is 6.10 Å². The summed E-state index contributed by atoms with van der Waals surface area (Å²) in [6.45, 7) is 7.46. The van der Waals surface area contributed by atoms with E-state index in [1.165, 1.54) is 108 Å². The molecule has 39 heavy (non-hydrogen) atoms. The molecule has 3 heteroatoms. The monoisotopic (exact) mass is 551 g/mol. The van der Waals surface area contributed by atoms with Crippen LogP contribution in [0.2, 0.25) is 5.02 Å². The van der Waals surface area contributed by atoms with E-state index in [1.54, 1.807) is 0 Å². The molecule has 0 radical (unpaired) electrons. The van der Waals surface area contributed by atoms with Gasteiger partial charge in [-0.3, -0.25) is 0 Å². The first kappa shape index (κ1) is 31.9. The Hall–Kier alpha value is -1.61. The maximum atomic E-state index is 11.4. The average Bonchev–Trinajstić information content (AvgIpc) is 2.95. The number of unbranched alkanes of at least 4 members (excludes halogenated alkanes) is 14. The normalized spacial score (nSPS) is 12.6. The highest BCUT2D eigenvalue weighted by molar-refractivity contribution is 6.37. The lowest BCUT2D eigenvalue weighted by Gasteiger charge is -2.26. The molecule has 0 saturated carbocycles. The Morgan fingerprint density at radius 1 is 0.615 bits per heavy atom. The molecule has 0 heterocycles. The van der Waals surface area contributed by atoms with Gasteiger partial charge >= 0.3 is 0 Å². The topological polar surface area (TPSA) is 23.5 Å². The van der Waals surface area contributed by atoms with Crippen LogP contribution in [-0.4, -0.2) is 29.6 Å². The van der Waals surface area contributed by atoms with E-state index in [1.807, 2.05) is 12.1 Å². The third-order valence-electron chi connectivity index (χ3n) is 8.31. The molecule has 0 aromatic heterocycles. The number of halogens is 1. The molecule has 3 aromatic rings. The average molecular weight is 552 g/mol. The first-order valence-corrected chi connectivity index (χ1v) is 16.5. The van der Waals surface area contributed by atoms with Crippen molar-refractivity contribution >= 4 is 33.1 Å². The molecule has 0 fully saturated rings. The van der Waals surface area contributed by atoms with Gasteiger partial charge in [-0.2, -0.15) is 0 Å². The van der Waals surface area contributed by atoms with Crippen molar-refractivity contribution in [3.8, 4) is 0 Å². The molecule has 1 atom stereocenters. The molecule has 2 nitrogen and oxygen atoms in total. The lowest BCUT2D eigenvalue weighted by Crippen LogP contribution is -2.31. The first-order chi connectivity index (χ1) is 19.1. The zero-order valence-corrected chi connectivity index (χ0v) is 25.7. The van der Waals surface area contributed by atoms with Crippen LogP contribution in [0.5, 0.6) is 0 Å². The molecule has 3 rings (SSSR count). The van der Waals surface area contributed by atoms with Gasteiger partial charge in [0.25, 0.3) is 0 Å². The van der Waals surface area contributed by atoms with Crippen molar-refractivity contribution in [2.75, 3.05) is 19.6 Å². The predicted octanol–water partition coefficient (Wildman–Crippen LogP) is 11.3. The molecule has 0 bridgehead atoms. The Morgan fingerprint density at radius 2 is 1.13 bits per heavy atom. The van der Waals surface area contributed by atoms with Crippen molar-refractivity contribution in [3.05, 3.63) is 59.1 Å². The van der Waals surface area contributed by atoms with E-state index >= 15 is 0 Å². The largest absolute Gasteiger partial charge is 0.387 e. The van der Waals surface area contributed by atoms with Gasteiger partial charge in [0.15, 0.2) is 0 Å². The van der Waals surface area contributed by atoms with Gasteiger partial charge in [-0.1, -0.05) is 152 Å².